The third-order valence-electron chi connectivity index (χ3n) is 1.92. The van der Waals surface area contributed by atoms with Crippen LogP contribution in [0.5, 0.6) is 0 Å². The summed E-state index contributed by atoms with van der Waals surface area (Å²) in [5.41, 5.74) is 0.929. The summed E-state index contributed by atoms with van der Waals surface area (Å²) in [6, 6.07) is 9.51. The van der Waals surface area contributed by atoms with Crippen LogP contribution in [0.15, 0.2) is 42.6 Å². The van der Waals surface area contributed by atoms with Gasteiger partial charge in [0, 0.05) is 5.69 Å². The van der Waals surface area contributed by atoms with E-state index in [0.29, 0.717) is 0 Å². The lowest BCUT2D eigenvalue weighted by molar-refractivity contribution is 0.477. The standard InChI is InChI=1S/C11H15NO3S/c1-10(9-16(13,14)15)7-8-12-11-5-3-2-4-6-11/h2-8,10,12H,9H2,1H3,(H,13,14,15). The second-order valence-corrected chi connectivity index (χ2v) is 5.09. The maximum atomic E-state index is 10.6. The third kappa shape index (κ3) is 5.53. The number of nitrogens with one attached hydrogen (secondary N) is 1. The number of anilines is 1. The molecule has 0 aliphatic rings. The maximum Gasteiger partial charge on any atom is 0.265 e. The van der Waals surface area contributed by atoms with Gasteiger partial charge in [0.25, 0.3) is 10.1 Å². The number of rotatable bonds is 5. The summed E-state index contributed by atoms with van der Waals surface area (Å²) in [4.78, 5) is 0. The Morgan fingerprint density at radius 2 is 2.00 bits per heavy atom. The third-order valence-corrected chi connectivity index (χ3v) is 2.87. The van der Waals surface area contributed by atoms with E-state index < -0.39 is 10.1 Å². The van der Waals surface area contributed by atoms with Gasteiger partial charge in [-0.2, -0.15) is 8.42 Å². The molecule has 0 aliphatic heterocycles. The zero-order chi connectivity index (χ0) is 12.0. The van der Waals surface area contributed by atoms with E-state index in [1.807, 2.05) is 30.3 Å². The van der Waals surface area contributed by atoms with Gasteiger partial charge in [0.1, 0.15) is 0 Å². The van der Waals surface area contributed by atoms with Crippen LogP contribution in [0.25, 0.3) is 0 Å². The molecule has 16 heavy (non-hydrogen) atoms. The van der Waals surface area contributed by atoms with Crippen molar-refractivity contribution in [3.05, 3.63) is 42.6 Å². The number of hydrogen-bond acceptors (Lipinski definition) is 3. The van der Waals surface area contributed by atoms with E-state index in [9.17, 15) is 8.42 Å². The summed E-state index contributed by atoms with van der Waals surface area (Å²) in [5, 5.41) is 3.00. The second kappa shape index (κ2) is 5.67. The number of para-hydroxylation sites is 1. The first kappa shape index (κ1) is 12.7. The van der Waals surface area contributed by atoms with Crippen LogP contribution in [0.4, 0.5) is 5.69 Å². The van der Waals surface area contributed by atoms with Gasteiger partial charge in [-0.25, -0.2) is 0 Å². The summed E-state index contributed by atoms with van der Waals surface area (Å²) in [6.07, 6.45) is 3.37. The fraction of sp³-hybridized carbons (Fsp3) is 0.273. The van der Waals surface area contributed by atoms with E-state index in [-0.39, 0.29) is 11.7 Å². The Kier molecular flexibility index (Phi) is 4.52. The fourth-order valence-corrected chi connectivity index (χ4v) is 2.01. The molecular formula is C11H15NO3S. The number of benzene rings is 1. The van der Waals surface area contributed by atoms with Crippen LogP contribution in [0, 0.1) is 5.92 Å². The van der Waals surface area contributed by atoms with Crippen molar-refractivity contribution in [2.24, 2.45) is 5.92 Å². The first-order chi connectivity index (χ1) is 7.47. The summed E-state index contributed by atoms with van der Waals surface area (Å²) in [7, 11) is -3.90. The van der Waals surface area contributed by atoms with Crippen molar-refractivity contribution in [1.29, 1.82) is 0 Å². The SMILES string of the molecule is CC(C=CNc1ccccc1)CS(=O)(=O)O. The minimum Gasteiger partial charge on any atom is -0.362 e. The van der Waals surface area contributed by atoms with Gasteiger partial charge in [0.15, 0.2) is 0 Å². The van der Waals surface area contributed by atoms with Crippen molar-refractivity contribution in [2.75, 3.05) is 11.1 Å². The predicted molar refractivity (Wildman–Crippen MR) is 64.8 cm³/mol. The number of hydrogen-bond donors (Lipinski definition) is 2. The molecule has 0 bridgehead atoms. The predicted octanol–water partition coefficient (Wildman–Crippen LogP) is 2.14. The van der Waals surface area contributed by atoms with Crippen molar-refractivity contribution in [3.63, 3.8) is 0 Å². The molecule has 1 aromatic rings. The molecule has 0 radical (unpaired) electrons. The lowest BCUT2D eigenvalue weighted by Crippen LogP contribution is -2.10. The van der Waals surface area contributed by atoms with Crippen LogP contribution in [0.2, 0.25) is 0 Å². The van der Waals surface area contributed by atoms with Crippen molar-refractivity contribution in [2.45, 2.75) is 6.92 Å². The molecule has 5 heteroatoms. The monoisotopic (exact) mass is 241 g/mol. The van der Waals surface area contributed by atoms with Gasteiger partial charge >= 0.3 is 0 Å². The van der Waals surface area contributed by atoms with E-state index in [0.717, 1.165) is 5.69 Å². The highest BCUT2D eigenvalue weighted by Gasteiger charge is 2.08. The summed E-state index contributed by atoms with van der Waals surface area (Å²) < 4.78 is 29.8. The smallest absolute Gasteiger partial charge is 0.265 e. The Labute approximate surface area is 95.7 Å². The first-order valence-corrected chi connectivity index (χ1v) is 6.52. The molecule has 0 saturated heterocycles. The largest absolute Gasteiger partial charge is 0.362 e. The number of allylic oxidation sites excluding steroid dienone is 1. The van der Waals surface area contributed by atoms with Crippen molar-refractivity contribution in [1.82, 2.24) is 0 Å². The maximum absolute atomic E-state index is 10.6. The molecule has 88 valence electrons. The van der Waals surface area contributed by atoms with E-state index in [1.54, 1.807) is 19.2 Å². The molecule has 1 aromatic carbocycles. The van der Waals surface area contributed by atoms with E-state index in [2.05, 4.69) is 5.32 Å². The summed E-state index contributed by atoms with van der Waals surface area (Å²) >= 11 is 0. The molecule has 2 N–H and O–H groups in total. The lowest BCUT2D eigenvalue weighted by Gasteiger charge is -2.03. The average Bonchev–Trinajstić information content (AvgIpc) is 2.16. The average molecular weight is 241 g/mol. The van der Waals surface area contributed by atoms with Crippen molar-refractivity contribution < 1.29 is 13.0 Å². The molecule has 0 aliphatic carbocycles. The molecule has 0 fully saturated rings. The van der Waals surface area contributed by atoms with E-state index in [1.165, 1.54) is 0 Å². The normalized spacial score (nSPS) is 13.9. The zero-order valence-electron chi connectivity index (χ0n) is 9.00. The van der Waals surface area contributed by atoms with E-state index >= 15 is 0 Å². The lowest BCUT2D eigenvalue weighted by atomic mass is 10.2. The molecule has 0 spiro atoms. The second-order valence-electron chi connectivity index (χ2n) is 3.60. The minimum atomic E-state index is -3.90. The summed E-state index contributed by atoms with van der Waals surface area (Å²) in [6.45, 7) is 1.72. The topological polar surface area (TPSA) is 66.4 Å². The van der Waals surface area contributed by atoms with Crippen molar-refractivity contribution in [3.8, 4) is 0 Å². The van der Waals surface area contributed by atoms with Crippen LogP contribution in [0.3, 0.4) is 0 Å². The van der Waals surface area contributed by atoms with Gasteiger partial charge in [-0.1, -0.05) is 31.2 Å². The van der Waals surface area contributed by atoms with Crippen LogP contribution in [-0.2, 0) is 10.1 Å². The highest BCUT2D eigenvalue weighted by atomic mass is 32.2. The van der Waals surface area contributed by atoms with Gasteiger partial charge in [-0.15, -0.1) is 0 Å². The molecule has 1 atom stereocenters. The van der Waals surface area contributed by atoms with Gasteiger partial charge in [0.2, 0.25) is 0 Å². The Morgan fingerprint density at radius 1 is 1.38 bits per heavy atom. The van der Waals surface area contributed by atoms with Crippen LogP contribution < -0.4 is 5.32 Å². The highest BCUT2D eigenvalue weighted by molar-refractivity contribution is 7.85. The summed E-state index contributed by atoms with van der Waals surface area (Å²) in [5.74, 6) is -0.494. The quantitative estimate of drug-likeness (QED) is 0.775. The van der Waals surface area contributed by atoms with Crippen LogP contribution in [0.1, 0.15) is 6.92 Å². The Hall–Kier alpha value is -1.33. The van der Waals surface area contributed by atoms with Gasteiger partial charge in [0.05, 0.1) is 5.75 Å². The molecule has 0 amide bonds. The molecule has 1 unspecified atom stereocenters. The van der Waals surface area contributed by atoms with Gasteiger partial charge in [-0.05, 0) is 24.3 Å². The van der Waals surface area contributed by atoms with Crippen molar-refractivity contribution >= 4 is 15.8 Å². The Morgan fingerprint density at radius 3 is 2.56 bits per heavy atom. The Bertz CT molecular complexity index is 440. The zero-order valence-corrected chi connectivity index (χ0v) is 9.81. The fourth-order valence-electron chi connectivity index (χ4n) is 1.23. The molecule has 0 saturated carbocycles. The molecule has 4 nitrogen and oxygen atoms in total. The van der Waals surface area contributed by atoms with Crippen LogP contribution in [-0.4, -0.2) is 18.7 Å². The molecule has 1 rings (SSSR count). The minimum absolute atomic E-state index is 0.230. The molecule has 0 aromatic heterocycles. The molecular weight excluding hydrogens is 226 g/mol. The first-order valence-electron chi connectivity index (χ1n) is 4.91. The van der Waals surface area contributed by atoms with Gasteiger partial charge < -0.3 is 5.32 Å². The Balaban J connectivity index is 2.44. The molecule has 0 heterocycles. The highest BCUT2D eigenvalue weighted by Crippen LogP contribution is 2.06. The van der Waals surface area contributed by atoms with Crippen LogP contribution >= 0.6 is 0 Å². The van der Waals surface area contributed by atoms with Gasteiger partial charge in [-0.3, -0.25) is 4.55 Å². The van der Waals surface area contributed by atoms with E-state index in [4.69, 9.17) is 4.55 Å².